The zero-order valence-corrected chi connectivity index (χ0v) is 10.7. The van der Waals surface area contributed by atoms with E-state index in [2.05, 4.69) is 22.7 Å². The van der Waals surface area contributed by atoms with Gasteiger partial charge in [0.1, 0.15) is 0 Å². The van der Waals surface area contributed by atoms with Gasteiger partial charge in [0.05, 0.1) is 0 Å². The van der Waals surface area contributed by atoms with Crippen LogP contribution in [-0.2, 0) is 4.79 Å². The summed E-state index contributed by atoms with van der Waals surface area (Å²) in [5, 5.41) is 12.9. The molecule has 0 aliphatic rings. The summed E-state index contributed by atoms with van der Waals surface area (Å²) in [6.07, 6.45) is 2.92. The van der Waals surface area contributed by atoms with Gasteiger partial charge in [0, 0.05) is 5.02 Å². The molecule has 0 aromatic heterocycles. The van der Waals surface area contributed by atoms with Crippen LogP contribution in [0.3, 0.4) is 0 Å². The van der Waals surface area contributed by atoms with Crippen molar-refractivity contribution in [2.75, 3.05) is 0 Å². The average Bonchev–Trinajstić information content (AvgIpc) is 2.30. The number of hydrogen-bond donors (Lipinski definition) is 3. The number of nitrogens with two attached hydrogens (primary N) is 1. The highest BCUT2D eigenvalue weighted by molar-refractivity contribution is 7.80. The van der Waals surface area contributed by atoms with Crippen LogP contribution in [0.15, 0.2) is 35.4 Å². The van der Waals surface area contributed by atoms with Crippen LogP contribution in [0, 0.1) is 0 Å². The van der Waals surface area contributed by atoms with Crippen molar-refractivity contribution in [3.05, 3.63) is 40.9 Å². The van der Waals surface area contributed by atoms with Gasteiger partial charge in [0.15, 0.2) is 10.8 Å². The third kappa shape index (κ3) is 4.94. The normalized spacial score (nSPS) is 11.5. The zero-order valence-electron chi connectivity index (χ0n) is 9.13. The number of rotatable bonds is 4. The molecule has 0 fully saturated rings. The van der Waals surface area contributed by atoms with Crippen LogP contribution in [0.4, 0.5) is 0 Å². The summed E-state index contributed by atoms with van der Waals surface area (Å²) in [4.78, 5) is 10.9. The van der Waals surface area contributed by atoms with Gasteiger partial charge in [-0.3, -0.25) is 5.43 Å². The predicted molar refractivity (Wildman–Crippen MR) is 75.5 cm³/mol. The molecule has 0 saturated heterocycles. The van der Waals surface area contributed by atoms with Crippen molar-refractivity contribution in [1.29, 1.82) is 0 Å². The number of carbonyl (C=O) groups is 1. The molecule has 1 aromatic carbocycles. The van der Waals surface area contributed by atoms with Gasteiger partial charge in [-0.25, -0.2) is 4.79 Å². The van der Waals surface area contributed by atoms with Gasteiger partial charge in [-0.15, -0.1) is 0 Å². The van der Waals surface area contributed by atoms with Gasteiger partial charge in [-0.1, -0.05) is 29.8 Å². The fourth-order valence-corrected chi connectivity index (χ4v) is 1.19. The van der Waals surface area contributed by atoms with Crippen LogP contribution in [-0.4, -0.2) is 21.9 Å². The fourth-order valence-electron chi connectivity index (χ4n) is 1.02. The van der Waals surface area contributed by atoms with Crippen molar-refractivity contribution in [2.24, 2.45) is 10.8 Å². The number of benzene rings is 1. The Kier molecular flexibility index (Phi) is 5.29. The SMILES string of the molecule is NC(=S)NN=C(C=Cc1ccc(Cl)cc1)C(=O)O. The summed E-state index contributed by atoms with van der Waals surface area (Å²) < 4.78 is 0. The van der Waals surface area contributed by atoms with Gasteiger partial charge in [0.25, 0.3) is 0 Å². The van der Waals surface area contributed by atoms with E-state index < -0.39 is 5.97 Å². The minimum absolute atomic E-state index is 0.103. The van der Waals surface area contributed by atoms with Gasteiger partial charge < -0.3 is 10.8 Å². The van der Waals surface area contributed by atoms with E-state index in [-0.39, 0.29) is 10.8 Å². The van der Waals surface area contributed by atoms with E-state index in [1.54, 1.807) is 30.3 Å². The van der Waals surface area contributed by atoms with Gasteiger partial charge in [0.2, 0.25) is 0 Å². The fraction of sp³-hybridized carbons (Fsp3) is 0. The Morgan fingerprint density at radius 1 is 1.44 bits per heavy atom. The van der Waals surface area contributed by atoms with Crippen molar-refractivity contribution >= 4 is 46.7 Å². The molecule has 0 spiro atoms. The molecule has 1 rings (SSSR count). The maximum atomic E-state index is 10.9. The molecule has 0 unspecified atom stereocenters. The highest BCUT2D eigenvalue weighted by atomic mass is 35.5. The molecule has 5 nitrogen and oxygen atoms in total. The molecule has 0 aliphatic carbocycles. The lowest BCUT2D eigenvalue weighted by atomic mass is 10.2. The maximum absolute atomic E-state index is 10.9. The van der Waals surface area contributed by atoms with Crippen LogP contribution in [0.2, 0.25) is 5.02 Å². The number of nitrogens with zero attached hydrogens (tertiary/aromatic N) is 1. The highest BCUT2D eigenvalue weighted by Crippen LogP contribution is 2.10. The second kappa shape index (κ2) is 6.73. The van der Waals surface area contributed by atoms with Crippen LogP contribution >= 0.6 is 23.8 Å². The standard InChI is InChI=1S/C11H10ClN3O2S/c12-8-4-1-7(2-5-8)3-6-9(10(16)17)14-15-11(13)18/h1-6H,(H,16,17)(H3,13,15,18). The Balaban J connectivity index is 2.83. The molecular formula is C11H10ClN3O2S. The van der Waals surface area contributed by atoms with Crippen molar-refractivity contribution in [1.82, 2.24) is 5.43 Å². The smallest absolute Gasteiger partial charge is 0.356 e. The van der Waals surface area contributed by atoms with Crippen molar-refractivity contribution < 1.29 is 9.90 Å². The Labute approximate surface area is 114 Å². The number of carboxylic acids is 1. The molecule has 7 heteroatoms. The maximum Gasteiger partial charge on any atom is 0.356 e. The van der Waals surface area contributed by atoms with E-state index in [1.807, 2.05) is 0 Å². The lowest BCUT2D eigenvalue weighted by molar-refractivity contribution is -0.129. The Morgan fingerprint density at radius 3 is 2.56 bits per heavy atom. The van der Waals surface area contributed by atoms with Crippen LogP contribution < -0.4 is 11.2 Å². The molecule has 0 heterocycles. The number of nitrogens with one attached hydrogen (secondary N) is 1. The number of halogens is 1. The third-order valence-electron chi connectivity index (χ3n) is 1.81. The van der Waals surface area contributed by atoms with E-state index in [0.717, 1.165) is 5.56 Å². The first-order valence-electron chi connectivity index (χ1n) is 4.79. The highest BCUT2D eigenvalue weighted by Gasteiger charge is 2.04. The Morgan fingerprint density at radius 2 is 2.06 bits per heavy atom. The predicted octanol–water partition coefficient (Wildman–Crippen LogP) is 1.63. The lowest BCUT2D eigenvalue weighted by Crippen LogP contribution is -2.26. The molecular weight excluding hydrogens is 274 g/mol. The van der Waals surface area contributed by atoms with Crippen LogP contribution in [0.1, 0.15) is 5.56 Å². The van der Waals surface area contributed by atoms with Gasteiger partial charge in [-0.2, -0.15) is 5.10 Å². The quantitative estimate of drug-likeness (QED) is 0.444. The van der Waals surface area contributed by atoms with E-state index in [0.29, 0.717) is 5.02 Å². The first-order valence-corrected chi connectivity index (χ1v) is 5.57. The first kappa shape index (κ1) is 14.1. The molecule has 0 bridgehead atoms. The lowest BCUT2D eigenvalue weighted by Gasteiger charge is -1.97. The second-order valence-corrected chi connectivity index (χ2v) is 4.04. The monoisotopic (exact) mass is 283 g/mol. The van der Waals surface area contributed by atoms with E-state index in [4.69, 9.17) is 22.4 Å². The first-order chi connectivity index (χ1) is 8.49. The molecule has 94 valence electrons. The summed E-state index contributed by atoms with van der Waals surface area (Å²) in [6.45, 7) is 0. The van der Waals surface area contributed by atoms with Crippen molar-refractivity contribution in [3.63, 3.8) is 0 Å². The van der Waals surface area contributed by atoms with Gasteiger partial charge >= 0.3 is 5.97 Å². The number of carboxylic acid groups (broad SMARTS) is 1. The Hall–Kier alpha value is -1.92. The van der Waals surface area contributed by atoms with Crippen molar-refractivity contribution in [3.8, 4) is 0 Å². The number of hydrogen-bond acceptors (Lipinski definition) is 3. The van der Waals surface area contributed by atoms with Gasteiger partial charge in [-0.05, 0) is 36.0 Å². The Bertz CT molecular complexity index is 512. The summed E-state index contributed by atoms with van der Waals surface area (Å²) in [7, 11) is 0. The van der Waals surface area contributed by atoms with E-state index in [1.165, 1.54) is 6.08 Å². The summed E-state index contributed by atoms with van der Waals surface area (Å²) in [6, 6.07) is 6.90. The van der Waals surface area contributed by atoms with Crippen LogP contribution in [0.5, 0.6) is 0 Å². The molecule has 4 N–H and O–H groups in total. The van der Waals surface area contributed by atoms with E-state index >= 15 is 0 Å². The minimum atomic E-state index is -1.19. The molecule has 0 saturated carbocycles. The second-order valence-electron chi connectivity index (χ2n) is 3.16. The summed E-state index contributed by atoms with van der Waals surface area (Å²) >= 11 is 10.2. The topological polar surface area (TPSA) is 87.7 Å². The largest absolute Gasteiger partial charge is 0.476 e. The summed E-state index contributed by atoms with van der Waals surface area (Å²) in [5.41, 5.74) is 7.95. The molecule has 0 aliphatic heterocycles. The number of hydrazone groups is 1. The number of thiocarbonyl (C=S) groups is 1. The number of aliphatic carboxylic acids is 1. The van der Waals surface area contributed by atoms with Crippen LogP contribution in [0.25, 0.3) is 6.08 Å². The minimum Gasteiger partial charge on any atom is -0.476 e. The molecule has 18 heavy (non-hydrogen) atoms. The summed E-state index contributed by atoms with van der Waals surface area (Å²) in [5.74, 6) is -1.19. The molecule has 1 aromatic rings. The zero-order chi connectivity index (χ0) is 13.5. The molecule has 0 radical (unpaired) electrons. The third-order valence-corrected chi connectivity index (χ3v) is 2.15. The molecule has 0 atom stereocenters. The molecule has 0 amide bonds. The average molecular weight is 284 g/mol. The van der Waals surface area contributed by atoms with E-state index in [9.17, 15) is 4.79 Å². The van der Waals surface area contributed by atoms with Crippen molar-refractivity contribution in [2.45, 2.75) is 0 Å².